The molecule has 1 aliphatic heterocycles. The van der Waals surface area contributed by atoms with Crippen molar-refractivity contribution in [1.29, 1.82) is 0 Å². The van der Waals surface area contributed by atoms with Gasteiger partial charge in [0.1, 0.15) is 0 Å². The zero-order valence-electron chi connectivity index (χ0n) is 14.7. The number of hydrogen-bond acceptors (Lipinski definition) is 7. The SMILES string of the molecule is Cc1cc(C)n2ncc(-c3noc(CC4(O)CCCN(C)C4)n3)c2n1. The second-order valence-corrected chi connectivity index (χ2v) is 7.09. The molecule has 4 rings (SSSR count). The molecule has 1 atom stereocenters. The lowest BCUT2D eigenvalue weighted by Gasteiger charge is -2.36. The van der Waals surface area contributed by atoms with Crippen LogP contribution in [-0.2, 0) is 6.42 Å². The first kappa shape index (κ1) is 16.2. The fraction of sp³-hybridized carbons (Fsp3) is 0.529. The van der Waals surface area contributed by atoms with Crippen LogP contribution in [0.15, 0.2) is 16.8 Å². The Bertz CT molecular complexity index is 917. The van der Waals surface area contributed by atoms with Gasteiger partial charge in [-0.05, 0) is 46.3 Å². The monoisotopic (exact) mass is 342 g/mol. The van der Waals surface area contributed by atoms with E-state index in [9.17, 15) is 5.11 Å². The van der Waals surface area contributed by atoms with Gasteiger partial charge in [0.05, 0.1) is 23.8 Å². The minimum absolute atomic E-state index is 0.356. The van der Waals surface area contributed by atoms with E-state index in [4.69, 9.17) is 4.52 Å². The Hall–Kier alpha value is -2.32. The largest absolute Gasteiger partial charge is 0.388 e. The predicted molar refractivity (Wildman–Crippen MR) is 91.1 cm³/mol. The summed E-state index contributed by atoms with van der Waals surface area (Å²) in [6.45, 7) is 5.54. The summed E-state index contributed by atoms with van der Waals surface area (Å²) in [6.07, 6.45) is 3.76. The molecule has 0 bridgehead atoms. The molecule has 0 aromatic carbocycles. The van der Waals surface area contributed by atoms with Crippen LogP contribution in [0.1, 0.15) is 30.1 Å². The molecule has 0 spiro atoms. The molecule has 1 saturated heterocycles. The van der Waals surface area contributed by atoms with Gasteiger partial charge in [-0.3, -0.25) is 0 Å². The lowest BCUT2D eigenvalue weighted by molar-refractivity contribution is -0.0274. The van der Waals surface area contributed by atoms with E-state index in [0.29, 0.717) is 30.3 Å². The van der Waals surface area contributed by atoms with Crippen LogP contribution >= 0.6 is 0 Å². The average molecular weight is 342 g/mol. The maximum Gasteiger partial charge on any atom is 0.229 e. The molecule has 1 unspecified atom stereocenters. The maximum absolute atomic E-state index is 10.8. The highest BCUT2D eigenvalue weighted by atomic mass is 16.5. The second-order valence-electron chi connectivity index (χ2n) is 7.09. The zero-order valence-corrected chi connectivity index (χ0v) is 14.7. The van der Waals surface area contributed by atoms with Crippen LogP contribution < -0.4 is 0 Å². The van der Waals surface area contributed by atoms with Crippen LogP contribution in [0, 0.1) is 13.8 Å². The Kier molecular flexibility index (Phi) is 3.81. The second kappa shape index (κ2) is 5.89. The number of aliphatic hydroxyl groups is 1. The third-order valence-corrected chi connectivity index (χ3v) is 4.71. The van der Waals surface area contributed by atoms with Gasteiger partial charge in [0, 0.05) is 17.9 Å². The van der Waals surface area contributed by atoms with Crippen molar-refractivity contribution in [1.82, 2.24) is 29.6 Å². The van der Waals surface area contributed by atoms with E-state index in [1.165, 1.54) is 0 Å². The van der Waals surface area contributed by atoms with Crippen molar-refractivity contribution in [2.75, 3.05) is 20.1 Å². The van der Waals surface area contributed by atoms with Crippen molar-refractivity contribution in [2.24, 2.45) is 0 Å². The van der Waals surface area contributed by atoms with Crippen LogP contribution in [0.2, 0.25) is 0 Å². The Balaban J connectivity index is 1.64. The zero-order chi connectivity index (χ0) is 17.6. The predicted octanol–water partition coefficient (Wildman–Crippen LogP) is 1.40. The quantitative estimate of drug-likeness (QED) is 0.769. The number of aromatic nitrogens is 5. The molecule has 0 radical (unpaired) electrons. The summed E-state index contributed by atoms with van der Waals surface area (Å²) in [6, 6.07) is 1.97. The number of aryl methyl sites for hydroxylation is 2. The number of hydrogen-bond donors (Lipinski definition) is 1. The molecule has 0 amide bonds. The number of rotatable bonds is 3. The van der Waals surface area contributed by atoms with Gasteiger partial charge in [-0.15, -0.1) is 0 Å². The van der Waals surface area contributed by atoms with E-state index < -0.39 is 5.60 Å². The van der Waals surface area contributed by atoms with Crippen LogP contribution in [0.4, 0.5) is 0 Å². The first-order valence-electron chi connectivity index (χ1n) is 8.49. The smallest absolute Gasteiger partial charge is 0.229 e. The maximum atomic E-state index is 10.8. The summed E-state index contributed by atoms with van der Waals surface area (Å²) in [7, 11) is 2.01. The third-order valence-electron chi connectivity index (χ3n) is 4.71. The molecule has 0 aliphatic carbocycles. The van der Waals surface area contributed by atoms with Gasteiger partial charge in [-0.2, -0.15) is 10.1 Å². The van der Waals surface area contributed by atoms with Crippen molar-refractivity contribution >= 4 is 5.65 Å². The van der Waals surface area contributed by atoms with E-state index >= 15 is 0 Å². The minimum Gasteiger partial charge on any atom is -0.388 e. The number of likely N-dealkylation sites (tertiary alicyclic amines) is 1. The van der Waals surface area contributed by atoms with E-state index in [1.807, 2.05) is 27.0 Å². The third kappa shape index (κ3) is 3.03. The van der Waals surface area contributed by atoms with Crippen molar-refractivity contribution in [2.45, 2.75) is 38.7 Å². The van der Waals surface area contributed by atoms with Crippen molar-refractivity contribution in [3.8, 4) is 11.4 Å². The first-order chi connectivity index (χ1) is 11.9. The van der Waals surface area contributed by atoms with Gasteiger partial charge in [0.25, 0.3) is 0 Å². The first-order valence-corrected chi connectivity index (χ1v) is 8.49. The number of fused-ring (bicyclic) bond motifs is 1. The van der Waals surface area contributed by atoms with Crippen LogP contribution in [0.5, 0.6) is 0 Å². The molecule has 4 heterocycles. The molecule has 1 aliphatic rings. The number of likely N-dealkylation sites (N-methyl/N-ethyl adjacent to an activating group) is 1. The topological polar surface area (TPSA) is 92.6 Å². The molecule has 132 valence electrons. The van der Waals surface area contributed by atoms with E-state index in [-0.39, 0.29) is 0 Å². The van der Waals surface area contributed by atoms with Crippen molar-refractivity contribution in [3.05, 3.63) is 29.5 Å². The Morgan fingerprint density at radius 2 is 2.16 bits per heavy atom. The fourth-order valence-electron chi connectivity index (χ4n) is 3.63. The number of β-amino-alcohol motifs (C(OH)–C–C–N with tert-alkyl or cyclic N) is 1. The average Bonchev–Trinajstić information content (AvgIpc) is 3.13. The molecule has 8 heteroatoms. The van der Waals surface area contributed by atoms with Gasteiger partial charge < -0.3 is 14.5 Å². The molecule has 3 aromatic heterocycles. The highest BCUT2D eigenvalue weighted by Gasteiger charge is 2.34. The summed E-state index contributed by atoms with van der Waals surface area (Å²) in [5.74, 6) is 0.895. The lowest BCUT2D eigenvalue weighted by Crippen LogP contribution is -2.47. The number of nitrogens with zero attached hydrogens (tertiary/aromatic N) is 6. The van der Waals surface area contributed by atoms with Crippen LogP contribution in [-0.4, -0.2) is 60.5 Å². The summed E-state index contributed by atoms with van der Waals surface area (Å²) < 4.78 is 7.16. The Labute approximate surface area is 145 Å². The summed E-state index contributed by atoms with van der Waals surface area (Å²) in [5.41, 5.74) is 2.53. The van der Waals surface area contributed by atoms with Gasteiger partial charge in [0.15, 0.2) is 5.65 Å². The molecular weight excluding hydrogens is 320 g/mol. The number of piperidine rings is 1. The van der Waals surface area contributed by atoms with E-state index in [1.54, 1.807) is 10.7 Å². The normalized spacial score (nSPS) is 21.9. The summed E-state index contributed by atoms with van der Waals surface area (Å²) in [4.78, 5) is 11.1. The fourth-order valence-corrected chi connectivity index (χ4v) is 3.63. The van der Waals surface area contributed by atoms with Crippen LogP contribution in [0.25, 0.3) is 17.0 Å². The molecule has 3 aromatic rings. The van der Waals surface area contributed by atoms with Gasteiger partial charge in [-0.25, -0.2) is 9.50 Å². The highest BCUT2D eigenvalue weighted by Crippen LogP contribution is 2.26. The lowest BCUT2D eigenvalue weighted by atomic mass is 9.90. The molecular formula is C17H22N6O2. The van der Waals surface area contributed by atoms with Gasteiger partial charge in [-0.1, -0.05) is 5.16 Å². The molecule has 1 fully saturated rings. The van der Waals surface area contributed by atoms with E-state index in [0.717, 1.165) is 36.3 Å². The van der Waals surface area contributed by atoms with Crippen molar-refractivity contribution in [3.63, 3.8) is 0 Å². The van der Waals surface area contributed by atoms with Crippen LogP contribution in [0.3, 0.4) is 0 Å². The molecule has 25 heavy (non-hydrogen) atoms. The molecule has 1 N–H and O–H groups in total. The molecule has 8 nitrogen and oxygen atoms in total. The summed E-state index contributed by atoms with van der Waals surface area (Å²) in [5, 5.41) is 19.2. The van der Waals surface area contributed by atoms with Crippen molar-refractivity contribution < 1.29 is 9.63 Å². The Morgan fingerprint density at radius 1 is 1.32 bits per heavy atom. The van der Waals surface area contributed by atoms with Gasteiger partial charge >= 0.3 is 0 Å². The molecule has 0 saturated carbocycles. The van der Waals surface area contributed by atoms with Gasteiger partial charge in [0.2, 0.25) is 11.7 Å². The highest BCUT2D eigenvalue weighted by molar-refractivity contribution is 5.72. The minimum atomic E-state index is -0.816. The standard InChI is InChI=1S/C17H22N6O2/c1-11-7-12(2)23-16(19-11)13(9-18-23)15-20-14(25-21-15)8-17(24)5-4-6-22(3)10-17/h7,9,24H,4-6,8,10H2,1-3H3. The summed E-state index contributed by atoms with van der Waals surface area (Å²) >= 11 is 0. The Morgan fingerprint density at radius 3 is 2.96 bits per heavy atom. The van der Waals surface area contributed by atoms with E-state index in [2.05, 4.69) is 25.1 Å².